The summed E-state index contributed by atoms with van der Waals surface area (Å²) in [5, 5.41) is 26.6. The monoisotopic (exact) mass is 257 g/mol. The summed E-state index contributed by atoms with van der Waals surface area (Å²) in [5.74, 6) is -2.23. The van der Waals surface area contributed by atoms with Gasteiger partial charge in [0.05, 0.1) is 24.3 Å². The highest BCUT2D eigenvalue weighted by atomic mass is 16.5. The van der Waals surface area contributed by atoms with Crippen molar-refractivity contribution in [1.29, 1.82) is 15.8 Å². The molecule has 7 nitrogen and oxygen atoms in total. The average molecular weight is 257 g/mol. The summed E-state index contributed by atoms with van der Waals surface area (Å²) >= 11 is 0. The molecular formula is C12H11N5O2. The fourth-order valence-corrected chi connectivity index (χ4v) is 1.71. The summed E-state index contributed by atoms with van der Waals surface area (Å²) in [4.78, 5) is 15.5. The molecule has 0 aromatic rings. The molecule has 7 heteroatoms. The fraction of sp³-hybridized carbons (Fsp3) is 0.417. The van der Waals surface area contributed by atoms with E-state index in [-0.39, 0.29) is 30.1 Å². The van der Waals surface area contributed by atoms with Crippen molar-refractivity contribution in [1.82, 2.24) is 0 Å². The Morgan fingerprint density at radius 2 is 2.11 bits per heavy atom. The standard InChI is InChI=1S/C12H11N5O2/c1-2-19-12(18)9-3-7(4-13)10(17-11(9)16)8(5-14)6-15/h7,9H,2-3H2,1H3,(H2,16,17). The first kappa shape index (κ1) is 14.2. The van der Waals surface area contributed by atoms with E-state index in [9.17, 15) is 4.79 Å². The van der Waals surface area contributed by atoms with E-state index < -0.39 is 17.8 Å². The Balaban J connectivity index is 3.22. The van der Waals surface area contributed by atoms with Crippen LogP contribution >= 0.6 is 0 Å². The fourth-order valence-electron chi connectivity index (χ4n) is 1.71. The molecule has 2 N–H and O–H groups in total. The van der Waals surface area contributed by atoms with E-state index in [0.717, 1.165) is 0 Å². The second kappa shape index (κ2) is 6.18. The van der Waals surface area contributed by atoms with Crippen LogP contribution in [0, 0.1) is 45.8 Å². The van der Waals surface area contributed by atoms with Crippen LogP contribution in [-0.2, 0) is 9.53 Å². The average Bonchev–Trinajstić information content (AvgIpc) is 2.40. The smallest absolute Gasteiger partial charge is 0.316 e. The molecule has 0 bridgehead atoms. The van der Waals surface area contributed by atoms with E-state index in [1.165, 1.54) is 0 Å². The molecule has 2 unspecified atom stereocenters. The highest BCUT2D eigenvalue weighted by Gasteiger charge is 2.35. The Morgan fingerprint density at radius 3 is 2.58 bits per heavy atom. The lowest BCUT2D eigenvalue weighted by Crippen LogP contribution is -2.37. The summed E-state index contributed by atoms with van der Waals surface area (Å²) in [6.07, 6.45) is 0.0624. The summed E-state index contributed by atoms with van der Waals surface area (Å²) < 4.78 is 4.84. The van der Waals surface area contributed by atoms with Gasteiger partial charge in [0.25, 0.3) is 0 Å². The number of nitriles is 3. The van der Waals surface area contributed by atoms with E-state index in [4.69, 9.17) is 26.3 Å². The number of amidine groups is 1. The number of hydrogen-bond donors (Lipinski definition) is 1. The van der Waals surface area contributed by atoms with Crippen LogP contribution in [-0.4, -0.2) is 18.4 Å². The van der Waals surface area contributed by atoms with Gasteiger partial charge in [-0.25, -0.2) is 4.99 Å². The third-order valence-corrected chi connectivity index (χ3v) is 2.61. The van der Waals surface area contributed by atoms with E-state index in [0.29, 0.717) is 0 Å². The SMILES string of the molecule is CCOC(=O)C1CC(C#N)C(=C(C#N)C#N)N=C1N. The molecule has 1 aliphatic rings. The second-order valence-electron chi connectivity index (χ2n) is 3.74. The van der Waals surface area contributed by atoms with Crippen LogP contribution in [0.2, 0.25) is 0 Å². The van der Waals surface area contributed by atoms with Crippen molar-refractivity contribution >= 4 is 11.8 Å². The Bertz CT molecular complexity index is 554. The molecule has 0 aromatic carbocycles. The number of ether oxygens (including phenoxy) is 1. The number of esters is 1. The van der Waals surface area contributed by atoms with Crippen LogP contribution in [0.1, 0.15) is 13.3 Å². The van der Waals surface area contributed by atoms with Crippen LogP contribution in [0.5, 0.6) is 0 Å². The second-order valence-corrected chi connectivity index (χ2v) is 3.74. The third kappa shape index (κ3) is 2.88. The Morgan fingerprint density at radius 1 is 1.47 bits per heavy atom. The van der Waals surface area contributed by atoms with Crippen molar-refractivity contribution in [3.05, 3.63) is 11.3 Å². The van der Waals surface area contributed by atoms with Gasteiger partial charge in [-0.1, -0.05) is 0 Å². The van der Waals surface area contributed by atoms with Gasteiger partial charge in [0, 0.05) is 0 Å². The predicted octanol–water partition coefficient (Wildman–Crippen LogP) is 0.368. The quantitative estimate of drug-likeness (QED) is 0.560. The Labute approximate surface area is 110 Å². The minimum absolute atomic E-state index is 0.0190. The van der Waals surface area contributed by atoms with Crippen LogP contribution in [0.25, 0.3) is 0 Å². The van der Waals surface area contributed by atoms with Crippen LogP contribution in [0.3, 0.4) is 0 Å². The van der Waals surface area contributed by atoms with Gasteiger partial charge in [-0.15, -0.1) is 0 Å². The molecule has 0 saturated carbocycles. The maximum atomic E-state index is 11.6. The minimum atomic E-state index is -0.823. The number of hydrogen-bond acceptors (Lipinski definition) is 7. The highest BCUT2D eigenvalue weighted by molar-refractivity contribution is 6.01. The lowest BCUT2D eigenvalue weighted by atomic mass is 9.87. The minimum Gasteiger partial charge on any atom is -0.465 e. The van der Waals surface area contributed by atoms with Crippen molar-refractivity contribution in [3.8, 4) is 18.2 Å². The predicted molar refractivity (Wildman–Crippen MR) is 63.7 cm³/mol. The van der Waals surface area contributed by atoms with Crippen molar-refractivity contribution in [2.45, 2.75) is 13.3 Å². The van der Waals surface area contributed by atoms with Crippen molar-refractivity contribution in [2.75, 3.05) is 6.61 Å². The summed E-state index contributed by atoms with van der Waals surface area (Å²) in [6, 6.07) is 5.25. The normalized spacial score (nSPS) is 21.4. The number of nitrogens with two attached hydrogens (primary N) is 1. The molecule has 1 aliphatic heterocycles. The number of carbonyl (C=O) groups is 1. The van der Waals surface area contributed by atoms with Gasteiger partial charge < -0.3 is 10.5 Å². The van der Waals surface area contributed by atoms with E-state index >= 15 is 0 Å². The first-order valence-electron chi connectivity index (χ1n) is 5.53. The molecule has 0 saturated heterocycles. The number of carbonyl (C=O) groups excluding carboxylic acids is 1. The van der Waals surface area contributed by atoms with Crippen LogP contribution < -0.4 is 5.73 Å². The van der Waals surface area contributed by atoms with Gasteiger partial charge in [-0.3, -0.25) is 4.79 Å². The van der Waals surface area contributed by atoms with E-state index in [2.05, 4.69) is 4.99 Å². The first-order chi connectivity index (χ1) is 9.08. The Hall–Kier alpha value is -2.85. The Kier molecular flexibility index (Phi) is 4.62. The maximum absolute atomic E-state index is 11.6. The molecule has 0 aromatic heterocycles. The summed E-state index contributed by atoms with van der Waals surface area (Å²) in [6.45, 7) is 1.86. The maximum Gasteiger partial charge on any atom is 0.316 e. The van der Waals surface area contributed by atoms with E-state index in [1.54, 1.807) is 19.1 Å². The lowest BCUT2D eigenvalue weighted by molar-refractivity contribution is -0.146. The lowest BCUT2D eigenvalue weighted by Gasteiger charge is -2.23. The highest BCUT2D eigenvalue weighted by Crippen LogP contribution is 2.29. The molecule has 19 heavy (non-hydrogen) atoms. The first-order valence-corrected chi connectivity index (χ1v) is 5.53. The zero-order valence-electron chi connectivity index (χ0n) is 10.3. The number of rotatable bonds is 2. The van der Waals surface area contributed by atoms with Gasteiger partial charge in [0.1, 0.15) is 23.9 Å². The topological polar surface area (TPSA) is 136 Å². The molecule has 2 atom stereocenters. The van der Waals surface area contributed by atoms with Crippen molar-refractivity contribution in [3.63, 3.8) is 0 Å². The van der Waals surface area contributed by atoms with Gasteiger partial charge in [0.15, 0.2) is 5.57 Å². The van der Waals surface area contributed by atoms with E-state index in [1.807, 2.05) is 6.07 Å². The molecule has 0 fully saturated rings. The largest absolute Gasteiger partial charge is 0.465 e. The van der Waals surface area contributed by atoms with Gasteiger partial charge in [-0.2, -0.15) is 15.8 Å². The number of nitrogens with zero attached hydrogens (tertiary/aromatic N) is 4. The zero-order chi connectivity index (χ0) is 14.4. The molecule has 0 aliphatic carbocycles. The van der Waals surface area contributed by atoms with Gasteiger partial charge >= 0.3 is 5.97 Å². The third-order valence-electron chi connectivity index (χ3n) is 2.61. The van der Waals surface area contributed by atoms with Crippen LogP contribution in [0.15, 0.2) is 16.3 Å². The van der Waals surface area contributed by atoms with Crippen LogP contribution in [0.4, 0.5) is 0 Å². The molecule has 1 rings (SSSR count). The number of allylic oxidation sites excluding steroid dienone is 2. The molecule has 0 radical (unpaired) electrons. The van der Waals surface area contributed by atoms with Crippen molar-refractivity contribution in [2.24, 2.45) is 22.6 Å². The molecule has 0 spiro atoms. The summed E-state index contributed by atoms with van der Waals surface area (Å²) in [5.41, 5.74) is 5.40. The molecule has 0 amide bonds. The summed E-state index contributed by atoms with van der Waals surface area (Å²) in [7, 11) is 0. The zero-order valence-corrected chi connectivity index (χ0v) is 10.3. The number of aliphatic imine (C=N–C) groups is 1. The molecule has 1 heterocycles. The molecular weight excluding hydrogens is 246 g/mol. The molecule has 96 valence electrons. The van der Waals surface area contributed by atoms with Gasteiger partial charge in [0.2, 0.25) is 0 Å². The van der Waals surface area contributed by atoms with Crippen molar-refractivity contribution < 1.29 is 9.53 Å². The van der Waals surface area contributed by atoms with Gasteiger partial charge in [-0.05, 0) is 13.3 Å².